The number of thiazole rings is 1. The highest BCUT2D eigenvalue weighted by atomic mass is 32.1. The molecule has 1 aromatic heterocycles. The van der Waals surface area contributed by atoms with Crippen molar-refractivity contribution in [1.82, 2.24) is 15.6 Å². The lowest BCUT2D eigenvalue weighted by molar-refractivity contribution is -0.131. The van der Waals surface area contributed by atoms with Crippen LogP contribution in [0.2, 0.25) is 0 Å². The molecule has 1 aromatic carbocycles. The molecule has 4 N–H and O–H groups in total. The second kappa shape index (κ2) is 10.3. The maximum atomic E-state index is 12.9. The van der Waals surface area contributed by atoms with E-state index in [1.165, 1.54) is 11.3 Å². The highest BCUT2D eigenvalue weighted by Crippen LogP contribution is 2.23. The molecule has 0 saturated heterocycles. The largest absolute Gasteiger partial charge is 0.345 e. The highest BCUT2D eigenvalue weighted by molar-refractivity contribution is 7.09. The SMILES string of the molecule is CC(C)[C@H](NC(=O)[C@@H](N)Cc1ccccc1)C(=O)N[C@H](c1nccs1)C(C)C. The van der Waals surface area contributed by atoms with Gasteiger partial charge in [-0.05, 0) is 23.8 Å². The number of nitrogens with one attached hydrogen (secondary N) is 2. The molecule has 2 aromatic rings. The maximum absolute atomic E-state index is 12.9. The van der Waals surface area contributed by atoms with E-state index < -0.39 is 12.1 Å². The molecule has 3 atom stereocenters. The topological polar surface area (TPSA) is 97.1 Å². The van der Waals surface area contributed by atoms with Crippen LogP contribution in [0.5, 0.6) is 0 Å². The molecule has 0 fully saturated rings. The van der Waals surface area contributed by atoms with Crippen molar-refractivity contribution < 1.29 is 9.59 Å². The number of hydrogen-bond acceptors (Lipinski definition) is 5. The average Bonchev–Trinajstić information content (AvgIpc) is 3.18. The van der Waals surface area contributed by atoms with Crippen LogP contribution in [0.25, 0.3) is 0 Å². The summed E-state index contributed by atoms with van der Waals surface area (Å²) in [6, 6.07) is 8.05. The fourth-order valence-corrected chi connectivity index (χ4v) is 3.76. The average molecular weight is 403 g/mol. The minimum Gasteiger partial charge on any atom is -0.345 e. The first-order valence-electron chi connectivity index (χ1n) is 9.59. The number of hydrogen-bond donors (Lipinski definition) is 3. The fourth-order valence-electron chi connectivity index (χ4n) is 2.90. The molecule has 2 amide bonds. The maximum Gasteiger partial charge on any atom is 0.243 e. The van der Waals surface area contributed by atoms with Crippen molar-refractivity contribution in [1.29, 1.82) is 0 Å². The monoisotopic (exact) mass is 402 g/mol. The lowest BCUT2D eigenvalue weighted by Crippen LogP contribution is -2.55. The molecule has 0 radical (unpaired) electrons. The zero-order valence-electron chi connectivity index (χ0n) is 16.9. The Kier molecular flexibility index (Phi) is 8.14. The molecule has 0 aliphatic carbocycles. The van der Waals surface area contributed by atoms with Gasteiger partial charge in [-0.2, -0.15) is 0 Å². The lowest BCUT2D eigenvalue weighted by Gasteiger charge is -2.27. The van der Waals surface area contributed by atoms with E-state index in [-0.39, 0.29) is 29.7 Å². The van der Waals surface area contributed by atoms with Gasteiger partial charge in [-0.25, -0.2) is 4.98 Å². The molecular weight excluding hydrogens is 372 g/mol. The molecule has 0 spiro atoms. The van der Waals surface area contributed by atoms with Crippen molar-refractivity contribution in [3.63, 3.8) is 0 Å². The summed E-state index contributed by atoms with van der Waals surface area (Å²) in [5.74, 6) is -0.437. The third kappa shape index (κ3) is 6.14. The number of carbonyl (C=O) groups excluding carboxylic acids is 2. The van der Waals surface area contributed by atoms with Crippen LogP contribution < -0.4 is 16.4 Å². The van der Waals surface area contributed by atoms with Crippen LogP contribution in [0.15, 0.2) is 41.9 Å². The Morgan fingerprint density at radius 3 is 2.25 bits per heavy atom. The van der Waals surface area contributed by atoms with Gasteiger partial charge in [-0.15, -0.1) is 11.3 Å². The van der Waals surface area contributed by atoms with E-state index in [0.717, 1.165) is 10.6 Å². The van der Waals surface area contributed by atoms with Crippen molar-refractivity contribution >= 4 is 23.2 Å². The van der Waals surface area contributed by atoms with E-state index in [0.29, 0.717) is 6.42 Å². The zero-order chi connectivity index (χ0) is 20.7. The molecule has 0 aliphatic heterocycles. The summed E-state index contributed by atoms with van der Waals surface area (Å²) >= 11 is 1.51. The van der Waals surface area contributed by atoms with Gasteiger partial charge in [0.1, 0.15) is 11.0 Å². The molecule has 0 unspecified atom stereocenters. The van der Waals surface area contributed by atoms with E-state index in [2.05, 4.69) is 15.6 Å². The van der Waals surface area contributed by atoms with Crippen LogP contribution >= 0.6 is 11.3 Å². The van der Waals surface area contributed by atoms with Crippen LogP contribution in [0, 0.1) is 11.8 Å². The number of benzene rings is 1. The minimum atomic E-state index is -0.712. The van der Waals surface area contributed by atoms with Crippen molar-refractivity contribution in [3.05, 3.63) is 52.5 Å². The van der Waals surface area contributed by atoms with Gasteiger partial charge in [0, 0.05) is 11.6 Å². The molecular formula is C21H30N4O2S. The number of nitrogens with zero attached hydrogens (tertiary/aromatic N) is 1. The van der Waals surface area contributed by atoms with Gasteiger partial charge in [0.05, 0.1) is 12.1 Å². The molecule has 1 heterocycles. The van der Waals surface area contributed by atoms with Gasteiger partial charge in [0.2, 0.25) is 11.8 Å². The summed E-state index contributed by atoms with van der Waals surface area (Å²) in [5.41, 5.74) is 7.06. The first-order chi connectivity index (χ1) is 13.3. The predicted octanol–water partition coefficient (Wildman–Crippen LogP) is 2.67. The fraction of sp³-hybridized carbons (Fsp3) is 0.476. The normalized spacial score (nSPS) is 14.5. The third-order valence-electron chi connectivity index (χ3n) is 4.56. The second-order valence-corrected chi connectivity index (χ2v) is 8.55. The summed E-state index contributed by atoms with van der Waals surface area (Å²) < 4.78 is 0. The standard InChI is InChI=1S/C21H30N4O2S/c1-13(2)17(20(27)25-18(14(3)4)21-23-10-11-28-21)24-19(26)16(22)12-15-8-6-5-7-9-15/h5-11,13-14,16-18H,12,22H2,1-4H3,(H,24,26)(H,25,27)/t16-,17-,18-/m0/s1. The Morgan fingerprint density at radius 1 is 1.04 bits per heavy atom. The smallest absolute Gasteiger partial charge is 0.243 e. The van der Waals surface area contributed by atoms with Crippen molar-refractivity contribution in [3.8, 4) is 0 Å². The summed E-state index contributed by atoms with van der Waals surface area (Å²) in [4.78, 5) is 29.8. The minimum absolute atomic E-state index is 0.0722. The number of carbonyl (C=O) groups is 2. The summed E-state index contributed by atoms with van der Waals surface area (Å²) in [5, 5.41) is 8.63. The molecule has 28 heavy (non-hydrogen) atoms. The Hall–Kier alpha value is -2.25. The van der Waals surface area contributed by atoms with Crippen LogP contribution in [-0.2, 0) is 16.0 Å². The van der Waals surface area contributed by atoms with E-state index in [1.807, 2.05) is 63.4 Å². The van der Waals surface area contributed by atoms with Crippen molar-refractivity contribution in [2.45, 2.75) is 52.2 Å². The van der Waals surface area contributed by atoms with Gasteiger partial charge in [-0.1, -0.05) is 58.0 Å². The van der Waals surface area contributed by atoms with Crippen LogP contribution in [-0.4, -0.2) is 28.9 Å². The first kappa shape index (κ1) is 22.0. The van der Waals surface area contributed by atoms with E-state index in [4.69, 9.17) is 5.73 Å². The van der Waals surface area contributed by atoms with Crippen LogP contribution in [0.3, 0.4) is 0 Å². The summed E-state index contributed by atoms with van der Waals surface area (Å²) in [6.45, 7) is 7.87. The number of rotatable bonds is 9. The van der Waals surface area contributed by atoms with Gasteiger partial charge < -0.3 is 16.4 Å². The molecule has 7 heteroatoms. The van der Waals surface area contributed by atoms with E-state index in [1.54, 1.807) is 6.20 Å². The molecule has 0 bridgehead atoms. The third-order valence-corrected chi connectivity index (χ3v) is 5.42. The Balaban J connectivity index is 2.03. The molecule has 0 saturated carbocycles. The molecule has 0 aliphatic rings. The van der Waals surface area contributed by atoms with Gasteiger partial charge in [-0.3, -0.25) is 9.59 Å². The number of nitrogens with two attached hydrogens (primary N) is 1. The molecule has 6 nitrogen and oxygen atoms in total. The van der Waals surface area contributed by atoms with E-state index >= 15 is 0 Å². The molecule has 152 valence electrons. The Bertz CT molecular complexity index is 747. The van der Waals surface area contributed by atoms with Gasteiger partial charge in [0.25, 0.3) is 0 Å². The highest BCUT2D eigenvalue weighted by Gasteiger charge is 2.30. The molecule has 2 rings (SSSR count). The van der Waals surface area contributed by atoms with Gasteiger partial charge >= 0.3 is 0 Å². The number of aromatic nitrogens is 1. The van der Waals surface area contributed by atoms with Crippen molar-refractivity contribution in [2.24, 2.45) is 17.6 Å². The van der Waals surface area contributed by atoms with Gasteiger partial charge in [0.15, 0.2) is 0 Å². The van der Waals surface area contributed by atoms with E-state index in [9.17, 15) is 9.59 Å². The lowest BCUT2D eigenvalue weighted by atomic mass is 9.99. The Labute approximate surface area is 170 Å². The van der Waals surface area contributed by atoms with Crippen LogP contribution in [0.4, 0.5) is 0 Å². The number of amides is 2. The second-order valence-electron chi connectivity index (χ2n) is 7.63. The summed E-state index contributed by atoms with van der Waals surface area (Å²) in [7, 11) is 0. The quantitative estimate of drug-likeness (QED) is 0.601. The zero-order valence-corrected chi connectivity index (χ0v) is 17.7. The van der Waals surface area contributed by atoms with Crippen molar-refractivity contribution in [2.75, 3.05) is 0 Å². The predicted molar refractivity (Wildman–Crippen MR) is 113 cm³/mol. The summed E-state index contributed by atoms with van der Waals surface area (Å²) in [6.07, 6.45) is 2.15. The van der Waals surface area contributed by atoms with Crippen LogP contribution in [0.1, 0.15) is 44.3 Å². The Morgan fingerprint density at radius 2 is 1.71 bits per heavy atom. The first-order valence-corrected chi connectivity index (χ1v) is 10.5.